The van der Waals surface area contributed by atoms with Crippen molar-refractivity contribution < 1.29 is 9.84 Å². The molecule has 0 saturated carbocycles. The second-order valence-corrected chi connectivity index (χ2v) is 4.85. The van der Waals surface area contributed by atoms with E-state index in [0.29, 0.717) is 23.9 Å². The normalized spacial score (nSPS) is 11.2. The van der Waals surface area contributed by atoms with Crippen molar-refractivity contribution in [2.75, 3.05) is 37.9 Å². The highest BCUT2D eigenvalue weighted by atomic mass is 16.5. The second-order valence-electron chi connectivity index (χ2n) is 4.85. The van der Waals surface area contributed by atoms with Gasteiger partial charge in [0.05, 0.1) is 7.11 Å². The van der Waals surface area contributed by atoms with Gasteiger partial charge in [0.1, 0.15) is 6.33 Å². The van der Waals surface area contributed by atoms with Crippen molar-refractivity contribution in [1.29, 1.82) is 0 Å². The third-order valence-corrected chi connectivity index (χ3v) is 2.77. The first kappa shape index (κ1) is 14.5. The number of hydrogen-bond acceptors (Lipinski definition) is 6. The molecule has 0 amide bonds. The van der Waals surface area contributed by atoms with Crippen LogP contribution in [0.15, 0.2) is 6.33 Å². The van der Waals surface area contributed by atoms with E-state index in [0.717, 1.165) is 6.42 Å². The van der Waals surface area contributed by atoms with Crippen LogP contribution >= 0.6 is 0 Å². The predicted molar refractivity (Wildman–Crippen MR) is 72.1 cm³/mol. The summed E-state index contributed by atoms with van der Waals surface area (Å²) in [6, 6.07) is 0. The summed E-state index contributed by atoms with van der Waals surface area (Å²) in [6.45, 7) is 5.05. The lowest BCUT2D eigenvalue weighted by Crippen LogP contribution is -2.25. The molecule has 18 heavy (non-hydrogen) atoms. The van der Waals surface area contributed by atoms with Gasteiger partial charge in [-0.05, 0) is 11.8 Å². The number of nitrogens with one attached hydrogen (secondary N) is 2. The van der Waals surface area contributed by atoms with Crippen LogP contribution in [0.5, 0.6) is 5.75 Å². The van der Waals surface area contributed by atoms with Crippen molar-refractivity contribution in [3.63, 3.8) is 0 Å². The van der Waals surface area contributed by atoms with Gasteiger partial charge in [0, 0.05) is 20.2 Å². The maximum Gasteiger partial charge on any atom is 0.204 e. The van der Waals surface area contributed by atoms with Crippen LogP contribution in [0, 0.1) is 5.41 Å². The Morgan fingerprint density at radius 1 is 1.33 bits per heavy atom. The number of rotatable bonds is 7. The van der Waals surface area contributed by atoms with Crippen molar-refractivity contribution in [2.24, 2.45) is 5.41 Å². The largest absolute Gasteiger partial charge is 0.490 e. The Kier molecular flexibility index (Phi) is 5.15. The fourth-order valence-corrected chi connectivity index (χ4v) is 1.59. The van der Waals surface area contributed by atoms with Gasteiger partial charge < -0.3 is 20.5 Å². The summed E-state index contributed by atoms with van der Waals surface area (Å²) in [5, 5.41) is 15.2. The molecule has 0 spiro atoms. The van der Waals surface area contributed by atoms with Crippen LogP contribution in [0.4, 0.5) is 11.6 Å². The van der Waals surface area contributed by atoms with Crippen LogP contribution in [0.1, 0.15) is 20.3 Å². The first-order valence-electron chi connectivity index (χ1n) is 5.95. The van der Waals surface area contributed by atoms with Crippen LogP contribution in [0.3, 0.4) is 0 Å². The van der Waals surface area contributed by atoms with Crippen molar-refractivity contribution in [2.45, 2.75) is 20.3 Å². The Labute approximate surface area is 108 Å². The third-order valence-electron chi connectivity index (χ3n) is 2.77. The molecular weight excluding hydrogens is 232 g/mol. The van der Waals surface area contributed by atoms with E-state index in [4.69, 9.17) is 9.84 Å². The molecule has 0 fully saturated rings. The molecule has 6 heteroatoms. The summed E-state index contributed by atoms with van der Waals surface area (Å²) < 4.78 is 5.29. The molecule has 0 saturated heterocycles. The summed E-state index contributed by atoms with van der Waals surface area (Å²) >= 11 is 0. The highest BCUT2D eigenvalue weighted by Crippen LogP contribution is 2.30. The molecule has 1 aromatic rings. The highest BCUT2D eigenvalue weighted by Gasteiger charge is 2.19. The van der Waals surface area contributed by atoms with Crippen molar-refractivity contribution in [3.8, 4) is 5.75 Å². The monoisotopic (exact) mass is 254 g/mol. The molecule has 0 atom stereocenters. The molecule has 102 valence electrons. The Morgan fingerprint density at radius 2 is 2.00 bits per heavy atom. The summed E-state index contributed by atoms with van der Waals surface area (Å²) in [6.07, 6.45) is 2.21. The topological polar surface area (TPSA) is 79.3 Å². The molecule has 0 unspecified atom stereocenters. The van der Waals surface area contributed by atoms with Crippen LogP contribution < -0.4 is 15.4 Å². The molecule has 1 heterocycles. The SMILES string of the molecule is CNc1ncnc(NCC(C)(C)CCO)c1OC. The summed E-state index contributed by atoms with van der Waals surface area (Å²) in [5.41, 5.74) is -0.00941. The van der Waals surface area contributed by atoms with E-state index in [9.17, 15) is 0 Å². The molecule has 0 aliphatic heterocycles. The van der Waals surface area contributed by atoms with Crippen molar-refractivity contribution >= 4 is 11.6 Å². The molecule has 0 bridgehead atoms. The Balaban J connectivity index is 2.78. The zero-order valence-electron chi connectivity index (χ0n) is 11.4. The molecule has 0 radical (unpaired) electrons. The zero-order chi connectivity index (χ0) is 13.6. The van der Waals surface area contributed by atoms with Crippen molar-refractivity contribution in [1.82, 2.24) is 9.97 Å². The van der Waals surface area contributed by atoms with E-state index in [-0.39, 0.29) is 12.0 Å². The van der Waals surface area contributed by atoms with Crippen LogP contribution in [0.25, 0.3) is 0 Å². The first-order chi connectivity index (χ1) is 8.54. The minimum Gasteiger partial charge on any atom is -0.490 e. The standard InChI is InChI=1S/C12H22N4O2/c1-12(2,5-6-17)7-14-11-9(18-4)10(13-3)15-8-16-11/h8,17H,5-7H2,1-4H3,(H2,13,14,15,16). The minimum atomic E-state index is -0.00941. The Hall–Kier alpha value is -1.56. The fraction of sp³-hybridized carbons (Fsp3) is 0.667. The minimum absolute atomic E-state index is 0.00941. The van der Waals surface area contributed by atoms with Gasteiger partial charge in [0.2, 0.25) is 5.75 Å². The number of aromatic nitrogens is 2. The number of aliphatic hydroxyl groups excluding tert-OH is 1. The maximum absolute atomic E-state index is 8.99. The lowest BCUT2D eigenvalue weighted by Gasteiger charge is -2.24. The summed E-state index contributed by atoms with van der Waals surface area (Å²) in [4.78, 5) is 8.25. The smallest absolute Gasteiger partial charge is 0.204 e. The number of methoxy groups -OCH3 is 1. The average molecular weight is 254 g/mol. The lowest BCUT2D eigenvalue weighted by molar-refractivity contribution is 0.220. The van der Waals surface area contributed by atoms with E-state index in [1.54, 1.807) is 14.2 Å². The van der Waals surface area contributed by atoms with E-state index in [2.05, 4.69) is 34.4 Å². The molecule has 1 aromatic heterocycles. The van der Waals surface area contributed by atoms with Gasteiger partial charge >= 0.3 is 0 Å². The van der Waals surface area contributed by atoms with Crippen LogP contribution in [-0.2, 0) is 0 Å². The van der Waals surface area contributed by atoms with Gasteiger partial charge in [-0.25, -0.2) is 9.97 Å². The third kappa shape index (κ3) is 3.73. The molecule has 6 nitrogen and oxygen atoms in total. The quantitative estimate of drug-likeness (QED) is 0.681. The van der Waals surface area contributed by atoms with Crippen LogP contribution in [0.2, 0.25) is 0 Å². The van der Waals surface area contributed by atoms with E-state index in [1.165, 1.54) is 6.33 Å². The predicted octanol–water partition coefficient (Wildman–Crippen LogP) is 1.35. The number of aliphatic hydroxyl groups is 1. The van der Waals surface area contributed by atoms with E-state index < -0.39 is 0 Å². The fourth-order valence-electron chi connectivity index (χ4n) is 1.59. The van der Waals surface area contributed by atoms with E-state index in [1.807, 2.05) is 0 Å². The average Bonchev–Trinajstić information content (AvgIpc) is 2.35. The molecule has 3 N–H and O–H groups in total. The molecule has 0 aliphatic carbocycles. The Morgan fingerprint density at radius 3 is 2.56 bits per heavy atom. The van der Waals surface area contributed by atoms with Gasteiger partial charge in [0.15, 0.2) is 11.6 Å². The Bertz CT molecular complexity index is 382. The molecule has 0 aliphatic rings. The second kappa shape index (κ2) is 6.39. The van der Waals surface area contributed by atoms with Crippen LogP contribution in [-0.4, -0.2) is 42.4 Å². The number of ether oxygens (including phenoxy) is 1. The molecule has 0 aromatic carbocycles. The maximum atomic E-state index is 8.99. The van der Waals surface area contributed by atoms with Gasteiger partial charge in [-0.15, -0.1) is 0 Å². The number of anilines is 2. The summed E-state index contributed by atoms with van der Waals surface area (Å²) in [7, 11) is 3.37. The van der Waals surface area contributed by atoms with Gasteiger partial charge in [-0.1, -0.05) is 13.8 Å². The number of hydrogen-bond donors (Lipinski definition) is 3. The highest BCUT2D eigenvalue weighted by molar-refractivity contribution is 5.63. The first-order valence-corrected chi connectivity index (χ1v) is 5.95. The van der Waals surface area contributed by atoms with Gasteiger partial charge in [0.25, 0.3) is 0 Å². The van der Waals surface area contributed by atoms with Gasteiger partial charge in [-0.2, -0.15) is 0 Å². The van der Waals surface area contributed by atoms with Gasteiger partial charge in [-0.3, -0.25) is 0 Å². The zero-order valence-corrected chi connectivity index (χ0v) is 11.4. The summed E-state index contributed by atoms with van der Waals surface area (Å²) in [5.74, 6) is 1.90. The van der Waals surface area contributed by atoms with E-state index >= 15 is 0 Å². The molecule has 1 rings (SSSR count). The number of nitrogens with zero attached hydrogens (tertiary/aromatic N) is 2. The van der Waals surface area contributed by atoms with Crippen molar-refractivity contribution in [3.05, 3.63) is 6.33 Å². The molecular formula is C12H22N4O2. The lowest BCUT2D eigenvalue weighted by atomic mass is 9.90.